The van der Waals surface area contributed by atoms with Gasteiger partial charge in [0.25, 0.3) is 6.20 Å². The summed E-state index contributed by atoms with van der Waals surface area (Å²) in [6.45, 7) is 2.79. The van der Waals surface area contributed by atoms with Gasteiger partial charge in [-0.3, -0.25) is 10.1 Å². The normalized spacial score (nSPS) is 11.3. The Morgan fingerprint density at radius 2 is 2.45 bits per heavy atom. The maximum absolute atomic E-state index is 10.0. The summed E-state index contributed by atoms with van der Waals surface area (Å²) in [5, 5.41) is 13.5. The van der Waals surface area contributed by atoms with Crippen LogP contribution in [0.25, 0.3) is 0 Å². The molecule has 0 fully saturated rings. The van der Waals surface area contributed by atoms with Crippen molar-refractivity contribution in [3.05, 3.63) is 21.3 Å². The quantitative estimate of drug-likeness (QED) is 0.508. The minimum Gasteiger partial charge on any atom is -0.375 e. The molecule has 0 aliphatic carbocycles. The first-order valence-corrected chi connectivity index (χ1v) is 4.56. The van der Waals surface area contributed by atoms with Gasteiger partial charge in [0.2, 0.25) is 0 Å². The Bertz CT molecular complexity index is 159. The van der Waals surface area contributed by atoms with Crippen LogP contribution in [0.2, 0.25) is 0 Å². The topological polar surface area (TPSA) is 55.2 Å². The lowest BCUT2D eigenvalue weighted by Crippen LogP contribution is -2.12. The van der Waals surface area contributed by atoms with Crippen LogP contribution in [0.5, 0.6) is 0 Å². The lowest BCUT2D eigenvalue weighted by atomic mass is 10.5. The van der Waals surface area contributed by atoms with Crippen molar-refractivity contribution in [3.8, 4) is 0 Å². The zero-order chi connectivity index (χ0) is 8.69. The number of hydrogen-bond acceptors (Lipinski definition) is 4. The number of nitro groups is 1. The summed E-state index contributed by atoms with van der Waals surface area (Å²) in [4.78, 5) is 9.56. The van der Waals surface area contributed by atoms with Crippen LogP contribution in [-0.4, -0.2) is 17.7 Å². The van der Waals surface area contributed by atoms with Gasteiger partial charge in [-0.2, -0.15) is 0 Å². The highest BCUT2D eigenvalue weighted by molar-refractivity contribution is 8.02. The Balaban J connectivity index is 3.84. The van der Waals surface area contributed by atoms with Gasteiger partial charge in [0.1, 0.15) is 5.03 Å². The van der Waals surface area contributed by atoms with Gasteiger partial charge in [-0.1, -0.05) is 6.92 Å². The summed E-state index contributed by atoms with van der Waals surface area (Å²) in [7, 11) is 0. The molecule has 5 heteroatoms. The minimum absolute atomic E-state index is 0.450. The molecule has 0 unspecified atom stereocenters. The first-order valence-electron chi connectivity index (χ1n) is 3.34. The third kappa shape index (κ3) is 5.72. The van der Waals surface area contributed by atoms with E-state index in [4.69, 9.17) is 0 Å². The summed E-state index contributed by atoms with van der Waals surface area (Å²) in [6.07, 6.45) is 3.76. The Kier molecular flexibility index (Phi) is 5.64. The van der Waals surface area contributed by atoms with E-state index in [-0.39, 0.29) is 0 Å². The molecular weight excluding hydrogens is 164 g/mol. The minimum atomic E-state index is -0.450. The van der Waals surface area contributed by atoms with E-state index in [0.29, 0.717) is 5.03 Å². The summed E-state index contributed by atoms with van der Waals surface area (Å²) >= 11 is 1.35. The van der Waals surface area contributed by atoms with Crippen LogP contribution in [0.15, 0.2) is 11.2 Å². The van der Waals surface area contributed by atoms with Crippen LogP contribution in [-0.2, 0) is 0 Å². The fraction of sp³-hybridized carbons (Fsp3) is 0.667. The highest BCUT2D eigenvalue weighted by Gasteiger charge is 1.97. The predicted octanol–water partition coefficient (Wildman–Crippen LogP) is 1.42. The molecule has 0 aromatic rings. The van der Waals surface area contributed by atoms with Gasteiger partial charge < -0.3 is 5.32 Å². The second kappa shape index (κ2) is 6.03. The standard InChI is InChI=1S/C6H12N2O2S/c1-3-4-7-6(11-2)5-8(9)10/h5,7H,3-4H2,1-2H3/b6-5+. The highest BCUT2D eigenvalue weighted by Crippen LogP contribution is 2.06. The molecule has 0 aliphatic rings. The molecule has 0 heterocycles. The van der Waals surface area contributed by atoms with Gasteiger partial charge in [-0.05, 0) is 12.7 Å². The molecule has 0 aliphatic heterocycles. The molecule has 0 atom stereocenters. The van der Waals surface area contributed by atoms with Gasteiger partial charge in [-0.15, -0.1) is 11.8 Å². The summed E-state index contributed by atoms with van der Waals surface area (Å²) in [5.74, 6) is 0. The van der Waals surface area contributed by atoms with Crippen LogP contribution in [0.1, 0.15) is 13.3 Å². The molecule has 11 heavy (non-hydrogen) atoms. The Labute approximate surface area is 70.2 Å². The Hall–Kier alpha value is -0.710. The summed E-state index contributed by atoms with van der Waals surface area (Å²) in [5.41, 5.74) is 0. The maximum atomic E-state index is 10.0. The van der Waals surface area contributed by atoms with Crippen molar-refractivity contribution in [1.82, 2.24) is 5.32 Å². The first kappa shape index (κ1) is 10.3. The molecule has 1 N–H and O–H groups in total. The van der Waals surface area contributed by atoms with Crippen molar-refractivity contribution in [3.63, 3.8) is 0 Å². The van der Waals surface area contributed by atoms with Gasteiger partial charge in [-0.25, -0.2) is 0 Å². The molecule has 0 aromatic heterocycles. The fourth-order valence-corrected chi connectivity index (χ4v) is 0.952. The lowest BCUT2D eigenvalue weighted by molar-refractivity contribution is -0.403. The largest absolute Gasteiger partial charge is 0.375 e. The molecule has 4 nitrogen and oxygen atoms in total. The van der Waals surface area contributed by atoms with E-state index in [1.54, 1.807) is 6.26 Å². The Morgan fingerprint density at radius 3 is 2.82 bits per heavy atom. The van der Waals surface area contributed by atoms with Crippen molar-refractivity contribution >= 4 is 11.8 Å². The van der Waals surface area contributed by atoms with Crippen molar-refractivity contribution in [2.45, 2.75) is 13.3 Å². The van der Waals surface area contributed by atoms with Crippen LogP contribution >= 0.6 is 11.8 Å². The zero-order valence-electron chi connectivity index (χ0n) is 6.66. The van der Waals surface area contributed by atoms with Gasteiger partial charge in [0.15, 0.2) is 0 Å². The summed E-state index contributed by atoms with van der Waals surface area (Å²) < 4.78 is 0. The SMILES string of the molecule is CCCN/C(=C\[N+](=O)[O-])SC. The van der Waals surface area contributed by atoms with Gasteiger partial charge in [0, 0.05) is 6.54 Å². The zero-order valence-corrected chi connectivity index (χ0v) is 7.48. The lowest BCUT2D eigenvalue weighted by Gasteiger charge is -2.02. The predicted molar refractivity (Wildman–Crippen MR) is 46.9 cm³/mol. The molecule has 0 radical (unpaired) electrons. The first-order chi connectivity index (χ1) is 5.20. The van der Waals surface area contributed by atoms with Crippen molar-refractivity contribution in [2.75, 3.05) is 12.8 Å². The second-order valence-electron chi connectivity index (χ2n) is 1.91. The average molecular weight is 176 g/mol. The molecule has 64 valence electrons. The number of hydrogen-bond donors (Lipinski definition) is 1. The van der Waals surface area contributed by atoms with E-state index in [1.165, 1.54) is 11.8 Å². The van der Waals surface area contributed by atoms with Crippen molar-refractivity contribution in [1.29, 1.82) is 0 Å². The van der Waals surface area contributed by atoms with Crippen LogP contribution in [0.4, 0.5) is 0 Å². The molecule has 0 amide bonds. The average Bonchev–Trinajstić information content (AvgIpc) is 1.97. The maximum Gasteiger partial charge on any atom is 0.263 e. The number of thioether (sulfide) groups is 1. The number of nitrogens with zero attached hydrogens (tertiary/aromatic N) is 1. The second-order valence-corrected chi connectivity index (χ2v) is 2.76. The summed E-state index contributed by atoms with van der Waals surface area (Å²) in [6, 6.07) is 0. The van der Waals surface area contributed by atoms with Crippen molar-refractivity contribution < 1.29 is 4.92 Å². The molecule has 0 saturated heterocycles. The molecule has 0 spiro atoms. The van der Waals surface area contributed by atoms with Crippen LogP contribution < -0.4 is 5.32 Å². The monoisotopic (exact) mass is 176 g/mol. The highest BCUT2D eigenvalue weighted by atomic mass is 32.2. The number of rotatable bonds is 5. The molecular formula is C6H12N2O2S. The Morgan fingerprint density at radius 1 is 1.82 bits per heavy atom. The molecule has 0 bridgehead atoms. The smallest absolute Gasteiger partial charge is 0.263 e. The van der Waals surface area contributed by atoms with Crippen LogP contribution in [0, 0.1) is 10.1 Å². The molecule has 0 rings (SSSR count). The molecule has 0 aromatic carbocycles. The van der Waals surface area contributed by atoms with E-state index >= 15 is 0 Å². The van der Waals surface area contributed by atoms with Gasteiger partial charge in [0.05, 0.1) is 4.92 Å². The van der Waals surface area contributed by atoms with E-state index in [0.717, 1.165) is 19.2 Å². The third-order valence-electron chi connectivity index (χ3n) is 0.992. The van der Waals surface area contributed by atoms with Gasteiger partial charge >= 0.3 is 0 Å². The van der Waals surface area contributed by atoms with E-state index < -0.39 is 4.92 Å². The van der Waals surface area contributed by atoms with E-state index in [1.807, 2.05) is 6.92 Å². The van der Waals surface area contributed by atoms with Crippen LogP contribution in [0.3, 0.4) is 0 Å². The number of nitrogens with one attached hydrogen (secondary N) is 1. The fourth-order valence-electron chi connectivity index (χ4n) is 0.514. The van der Waals surface area contributed by atoms with Crippen molar-refractivity contribution in [2.24, 2.45) is 0 Å². The van der Waals surface area contributed by atoms with E-state index in [9.17, 15) is 10.1 Å². The molecule has 0 saturated carbocycles. The van der Waals surface area contributed by atoms with E-state index in [2.05, 4.69) is 5.32 Å². The third-order valence-corrected chi connectivity index (χ3v) is 1.68.